The van der Waals surface area contributed by atoms with Crippen LogP contribution in [0.2, 0.25) is 0 Å². The van der Waals surface area contributed by atoms with Crippen LogP contribution in [0.25, 0.3) is 6.08 Å². The Kier molecular flexibility index (Phi) is 6.35. The predicted molar refractivity (Wildman–Crippen MR) is 99.1 cm³/mol. The van der Waals surface area contributed by atoms with Gasteiger partial charge in [-0.2, -0.15) is 0 Å². The fourth-order valence-electron chi connectivity index (χ4n) is 2.08. The topological polar surface area (TPSA) is 94.9 Å². The molecule has 1 heterocycles. The zero-order valence-electron chi connectivity index (χ0n) is 12.6. The molecule has 1 atom stereocenters. The third-order valence-corrected chi connectivity index (χ3v) is 4.71. The Morgan fingerprint density at radius 1 is 1.28 bits per heavy atom. The average Bonchev–Trinajstić information content (AvgIpc) is 2.79. The van der Waals surface area contributed by atoms with Crippen LogP contribution >= 0.6 is 35.6 Å². The summed E-state index contributed by atoms with van der Waals surface area (Å²) >= 11 is 12.0. The maximum atomic E-state index is 12.4. The van der Waals surface area contributed by atoms with Gasteiger partial charge in [-0.1, -0.05) is 65.9 Å². The molecule has 0 aromatic heterocycles. The van der Waals surface area contributed by atoms with E-state index in [2.05, 4.69) is 0 Å². The normalized spacial score (nSPS) is 17.9. The summed E-state index contributed by atoms with van der Waals surface area (Å²) in [5, 5.41) is 18.3. The zero-order valence-corrected chi connectivity index (χ0v) is 15.0. The number of amides is 1. The number of benzene rings is 1. The van der Waals surface area contributed by atoms with E-state index in [9.17, 15) is 19.5 Å². The molecule has 0 aliphatic carbocycles. The maximum Gasteiger partial charge on any atom is 0.327 e. The Labute approximate surface area is 157 Å². The Balaban J connectivity index is 2.26. The highest BCUT2D eigenvalue weighted by Gasteiger charge is 2.41. The summed E-state index contributed by atoms with van der Waals surface area (Å²) in [5.74, 6) is -3.46. The van der Waals surface area contributed by atoms with Gasteiger partial charge in [0.15, 0.2) is 0 Å². The molecule has 0 spiro atoms. The van der Waals surface area contributed by atoms with Gasteiger partial charge in [-0.25, -0.2) is 4.79 Å². The molecule has 6 nitrogen and oxygen atoms in total. The minimum atomic E-state index is -1.56. The van der Waals surface area contributed by atoms with E-state index in [0.29, 0.717) is 0 Å². The summed E-state index contributed by atoms with van der Waals surface area (Å²) in [6.45, 7) is 0. The smallest absolute Gasteiger partial charge is 0.327 e. The lowest BCUT2D eigenvalue weighted by Crippen LogP contribution is -2.45. The van der Waals surface area contributed by atoms with Crippen LogP contribution in [0.5, 0.6) is 0 Å². The van der Waals surface area contributed by atoms with Crippen molar-refractivity contribution in [3.05, 3.63) is 51.9 Å². The van der Waals surface area contributed by atoms with Gasteiger partial charge in [0.05, 0.1) is 11.3 Å². The third-order valence-electron chi connectivity index (χ3n) is 3.16. The van der Waals surface area contributed by atoms with E-state index in [1.54, 1.807) is 6.08 Å². The van der Waals surface area contributed by atoms with Crippen molar-refractivity contribution in [1.82, 2.24) is 4.90 Å². The fraction of sp³-hybridized carbons (Fsp3) is 0.125. The number of rotatable bonds is 6. The number of thioether (sulfide) groups is 1. The lowest BCUT2D eigenvalue weighted by Gasteiger charge is -2.21. The second-order valence-electron chi connectivity index (χ2n) is 4.94. The molecule has 1 aromatic rings. The van der Waals surface area contributed by atoms with Crippen molar-refractivity contribution in [2.24, 2.45) is 0 Å². The van der Waals surface area contributed by atoms with Crippen LogP contribution in [0.4, 0.5) is 0 Å². The predicted octanol–water partition coefficient (Wildman–Crippen LogP) is 2.94. The van der Waals surface area contributed by atoms with Crippen molar-refractivity contribution in [2.75, 3.05) is 0 Å². The van der Waals surface area contributed by atoms with Gasteiger partial charge in [0.25, 0.3) is 5.91 Å². The number of carboxylic acids is 2. The molecule has 1 amide bonds. The second kappa shape index (κ2) is 8.28. The fourth-order valence-corrected chi connectivity index (χ4v) is 3.73. The van der Waals surface area contributed by atoms with Gasteiger partial charge in [0.2, 0.25) is 0 Å². The number of aliphatic carboxylic acids is 2. The standard InChI is InChI=1S/C16H12ClNO5S2/c17-10(6-9-4-2-1-3-5-9)7-12-14(21)18(16(24)25-12)11(15(22)23)8-13(19)20/h1-7,11H,8H2,(H,19,20)(H,22,23). The molecule has 2 N–H and O–H groups in total. The van der Waals surface area contributed by atoms with Crippen LogP contribution in [0.15, 0.2) is 46.3 Å². The Morgan fingerprint density at radius 3 is 2.48 bits per heavy atom. The maximum absolute atomic E-state index is 12.4. The number of carbonyl (C=O) groups is 3. The number of carboxylic acid groups (broad SMARTS) is 2. The number of allylic oxidation sites excluding steroid dienone is 2. The van der Waals surface area contributed by atoms with Crippen LogP contribution in [0.1, 0.15) is 12.0 Å². The van der Waals surface area contributed by atoms with Gasteiger partial charge < -0.3 is 10.2 Å². The number of carbonyl (C=O) groups excluding carboxylic acids is 1. The molecule has 1 aromatic carbocycles. The van der Waals surface area contributed by atoms with Crippen LogP contribution in [0, 0.1) is 0 Å². The quantitative estimate of drug-likeness (QED) is 0.562. The minimum Gasteiger partial charge on any atom is -0.481 e. The first-order valence-electron chi connectivity index (χ1n) is 6.93. The van der Waals surface area contributed by atoms with Gasteiger partial charge in [-0.3, -0.25) is 14.5 Å². The van der Waals surface area contributed by atoms with Crippen molar-refractivity contribution >= 4 is 63.8 Å². The molecule has 0 radical (unpaired) electrons. The molecule has 130 valence electrons. The number of halogens is 1. The number of thiocarbonyl (C=S) groups is 1. The van der Waals surface area contributed by atoms with Crippen LogP contribution < -0.4 is 0 Å². The second-order valence-corrected chi connectivity index (χ2v) is 7.06. The van der Waals surface area contributed by atoms with E-state index >= 15 is 0 Å². The monoisotopic (exact) mass is 397 g/mol. The largest absolute Gasteiger partial charge is 0.481 e. The lowest BCUT2D eigenvalue weighted by molar-refractivity contribution is -0.150. The molecule has 9 heteroatoms. The molecule has 2 rings (SSSR count). The highest BCUT2D eigenvalue weighted by molar-refractivity contribution is 8.26. The highest BCUT2D eigenvalue weighted by Crippen LogP contribution is 2.34. The van der Waals surface area contributed by atoms with Crippen molar-refractivity contribution < 1.29 is 24.6 Å². The molecule has 1 fully saturated rings. The van der Waals surface area contributed by atoms with E-state index < -0.39 is 30.3 Å². The first-order valence-corrected chi connectivity index (χ1v) is 8.53. The van der Waals surface area contributed by atoms with Crippen LogP contribution in [-0.2, 0) is 14.4 Å². The minimum absolute atomic E-state index is 0.0194. The van der Waals surface area contributed by atoms with E-state index in [1.165, 1.54) is 6.08 Å². The molecule has 1 aliphatic heterocycles. The summed E-state index contributed by atoms with van der Waals surface area (Å²) in [4.78, 5) is 35.5. The van der Waals surface area contributed by atoms with Gasteiger partial charge >= 0.3 is 11.9 Å². The molecule has 1 saturated heterocycles. The molecule has 25 heavy (non-hydrogen) atoms. The Morgan fingerprint density at radius 2 is 1.92 bits per heavy atom. The highest BCUT2D eigenvalue weighted by atomic mass is 35.5. The molecule has 0 bridgehead atoms. The summed E-state index contributed by atoms with van der Waals surface area (Å²) in [6.07, 6.45) is 2.27. The lowest BCUT2D eigenvalue weighted by atomic mass is 10.2. The van der Waals surface area contributed by atoms with E-state index in [4.69, 9.17) is 28.9 Å². The van der Waals surface area contributed by atoms with Crippen molar-refractivity contribution in [3.8, 4) is 0 Å². The van der Waals surface area contributed by atoms with E-state index in [1.807, 2.05) is 30.3 Å². The zero-order chi connectivity index (χ0) is 18.6. The van der Waals surface area contributed by atoms with E-state index in [0.717, 1.165) is 22.2 Å². The van der Waals surface area contributed by atoms with Gasteiger partial charge in [-0.15, -0.1) is 0 Å². The van der Waals surface area contributed by atoms with E-state index in [-0.39, 0.29) is 14.3 Å². The first-order chi connectivity index (χ1) is 11.8. The van der Waals surface area contributed by atoms with Crippen LogP contribution in [0.3, 0.4) is 0 Å². The summed E-state index contributed by atoms with van der Waals surface area (Å²) in [6, 6.07) is 7.61. The summed E-state index contributed by atoms with van der Waals surface area (Å²) < 4.78 is -0.0194. The van der Waals surface area contributed by atoms with Gasteiger partial charge in [-0.05, 0) is 17.7 Å². The van der Waals surface area contributed by atoms with Crippen LogP contribution in [-0.4, -0.2) is 43.3 Å². The molecule has 1 unspecified atom stereocenters. The molecule has 1 aliphatic rings. The molecule has 0 saturated carbocycles. The molecular formula is C16H12ClNO5S2. The van der Waals surface area contributed by atoms with Gasteiger partial charge in [0, 0.05) is 5.03 Å². The van der Waals surface area contributed by atoms with Crippen molar-refractivity contribution in [3.63, 3.8) is 0 Å². The van der Waals surface area contributed by atoms with Crippen molar-refractivity contribution in [2.45, 2.75) is 12.5 Å². The summed E-state index contributed by atoms with van der Waals surface area (Å²) in [5.41, 5.74) is 0.827. The number of hydrogen-bond acceptors (Lipinski definition) is 5. The summed E-state index contributed by atoms with van der Waals surface area (Å²) in [7, 11) is 0. The Hall–Kier alpha value is -2.16. The molecular weight excluding hydrogens is 386 g/mol. The first kappa shape index (κ1) is 19.2. The van der Waals surface area contributed by atoms with Crippen molar-refractivity contribution in [1.29, 1.82) is 0 Å². The number of hydrogen-bond donors (Lipinski definition) is 2. The average molecular weight is 398 g/mol. The third kappa shape index (κ3) is 4.91. The SMILES string of the molecule is O=C(O)CC(C(=O)O)N1C(=O)C(=CC(Cl)=Cc2ccccc2)SC1=S. The Bertz CT molecular complexity index is 791. The number of nitrogens with zero attached hydrogens (tertiary/aromatic N) is 1. The van der Waals surface area contributed by atoms with Gasteiger partial charge in [0.1, 0.15) is 10.4 Å².